The maximum atomic E-state index is 12.7. The number of carbonyl (C=O) groups excluding carboxylic acids is 1. The summed E-state index contributed by atoms with van der Waals surface area (Å²) in [5, 5.41) is 5.80. The summed E-state index contributed by atoms with van der Waals surface area (Å²) >= 11 is 0. The van der Waals surface area contributed by atoms with Crippen molar-refractivity contribution in [1.29, 1.82) is 0 Å². The van der Waals surface area contributed by atoms with Crippen molar-refractivity contribution in [2.45, 2.75) is 26.4 Å². The highest BCUT2D eigenvalue weighted by Gasteiger charge is 2.19. The predicted molar refractivity (Wildman–Crippen MR) is 65.9 cm³/mol. The fraction of sp³-hybridized carbons (Fsp3) is 0.462. The molecule has 1 rings (SSSR count). The third-order valence-electron chi connectivity index (χ3n) is 2.64. The second kappa shape index (κ2) is 6.35. The smallest absolute Gasteiger partial charge is 0.237 e. The fourth-order valence-corrected chi connectivity index (χ4v) is 1.67. The molecule has 0 radical (unpaired) electrons. The molecule has 2 N–H and O–H groups in total. The Morgan fingerprint density at radius 2 is 1.88 bits per heavy atom. The van der Waals surface area contributed by atoms with Crippen LogP contribution in [-0.2, 0) is 11.3 Å². The van der Waals surface area contributed by atoms with E-state index in [0.29, 0.717) is 6.54 Å². The predicted octanol–water partition coefficient (Wildman–Crippen LogP) is 1.69. The lowest BCUT2D eigenvalue weighted by molar-refractivity contribution is -0.124. The number of rotatable bonds is 5. The minimum Gasteiger partial charge on any atom is -0.351 e. The Hall–Kier alpha value is -1.42. The lowest BCUT2D eigenvalue weighted by Crippen LogP contribution is -2.45. The number of nitrogens with one attached hydrogen (secondary N) is 2. The number of likely N-dealkylation sites (N-methyl/N-ethyl adjacent to an activating group) is 1. The van der Waals surface area contributed by atoms with Gasteiger partial charge in [-0.1, -0.05) is 26.0 Å². The van der Waals surface area contributed by atoms with Crippen LogP contribution >= 0.6 is 0 Å². The Morgan fingerprint density at radius 1 is 1.29 bits per heavy atom. The van der Waals surface area contributed by atoms with Crippen LogP contribution in [0.15, 0.2) is 24.3 Å². The monoisotopic (exact) mass is 238 g/mol. The lowest BCUT2D eigenvalue weighted by Gasteiger charge is -2.19. The van der Waals surface area contributed by atoms with E-state index in [4.69, 9.17) is 0 Å². The summed E-state index contributed by atoms with van der Waals surface area (Å²) < 4.78 is 12.7. The van der Waals surface area contributed by atoms with Gasteiger partial charge in [0.25, 0.3) is 0 Å². The first-order chi connectivity index (χ1) is 8.04. The van der Waals surface area contributed by atoms with E-state index in [9.17, 15) is 9.18 Å². The van der Waals surface area contributed by atoms with Crippen molar-refractivity contribution in [2.75, 3.05) is 7.05 Å². The van der Waals surface area contributed by atoms with Crippen LogP contribution in [0.5, 0.6) is 0 Å². The second-order valence-electron chi connectivity index (χ2n) is 4.35. The summed E-state index contributed by atoms with van der Waals surface area (Å²) in [5.41, 5.74) is 0.887. The normalized spacial score (nSPS) is 12.5. The van der Waals surface area contributed by atoms with Crippen LogP contribution in [0, 0.1) is 11.7 Å². The minimum absolute atomic E-state index is 0.0353. The highest BCUT2D eigenvalue weighted by molar-refractivity contribution is 5.81. The van der Waals surface area contributed by atoms with Gasteiger partial charge in [0.2, 0.25) is 5.91 Å². The van der Waals surface area contributed by atoms with Crippen molar-refractivity contribution < 1.29 is 9.18 Å². The molecule has 1 aromatic carbocycles. The molecule has 0 saturated carbocycles. The average Bonchev–Trinajstić information content (AvgIpc) is 2.28. The molecule has 1 amide bonds. The molecule has 0 heterocycles. The van der Waals surface area contributed by atoms with Gasteiger partial charge >= 0.3 is 0 Å². The topological polar surface area (TPSA) is 41.1 Å². The molecule has 94 valence electrons. The SMILES string of the molecule is CNC(C(=O)NCc1ccc(F)cc1)C(C)C. The van der Waals surface area contributed by atoms with Gasteiger partial charge in [-0.2, -0.15) is 0 Å². The molecule has 0 aliphatic carbocycles. The van der Waals surface area contributed by atoms with Crippen molar-refractivity contribution in [1.82, 2.24) is 10.6 Å². The number of hydrogen-bond acceptors (Lipinski definition) is 2. The molecule has 4 heteroatoms. The van der Waals surface area contributed by atoms with Crippen molar-refractivity contribution >= 4 is 5.91 Å². The molecule has 1 unspecified atom stereocenters. The Labute approximate surface area is 101 Å². The first kappa shape index (κ1) is 13.6. The number of benzene rings is 1. The number of amides is 1. The largest absolute Gasteiger partial charge is 0.351 e. The lowest BCUT2D eigenvalue weighted by atomic mass is 10.0. The van der Waals surface area contributed by atoms with E-state index in [-0.39, 0.29) is 23.7 Å². The van der Waals surface area contributed by atoms with Crippen LogP contribution < -0.4 is 10.6 Å². The Balaban J connectivity index is 2.50. The van der Waals surface area contributed by atoms with Gasteiger partial charge < -0.3 is 10.6 Å². The minimum atomic E-state index is -0.268. The number of hydrogen-bond donors (Lipinski definition) is 2. The van der Waals surface area contributed by atoms with Gasteiger partial charge in [0, 0.05) is 6.54 Å². The third-order valence-corrected chi connectivity index (χ3v) is 2.64. The summed E-state index contributed by atoms with van der Waals surface area (Å²) in [6, 6.07) is 5.91. The van der Waals surface area contributed by atoms with Crippen LogP contribution in [0.2, 0.25) is 0 Å². The molecular weight excluding hydrogens is 219 g/mol. The molecule has 0 aromatic heterocycles. The molecule has 0 spiro atoms. The van der Waals surface area contributed by atoms with E-state index < -0.39 is 0 Å². The maximum Gasteiger partial charge on any atom is 0.237 e. The van der Waals surface area contributed by atoms with Gasteiger partial charge in [0.05, 0.1) is 6.04 Å². The van der Waals surface area contributed by atoms with Crippen molar-refractivity contribution in [2.24, 2.45) is 5.92 Å². The fourth-order valence-electron chi connectivity index (χ4n) is 1.67. The highest BCUT2D eigenvalue weighted by atomic mass is 19.1. The summed E-state index contributed by atoms with van der Waals surface area (Å²) in [6.45, 7) is 4.39. The zero-order chi connectivity index (χ0) is 12.8. The van der Waals surface area contributed by atoms with Crippen molar-refractivity contribution in [3.05, 3.63) is 35.6 Å². The van der Waals surface area contributed by atoms with Crippen LogP contribution in [0.1, 0.15) is 19.4 Å². The number of carbonyl (C=O) groups is 1. The van der Waals surface area contributed by atoms with Gasteiger partial charge in [-0.25, -0.2) is 4.39 Å². The van der Waals surface area contributed by atoms with E-state index in [1.165, 1.54) is 12.1 Å². The van der Waals surface area contributed by atoms with Gasteiger partial charge in [-0.05, 0) is 30.7 Å². The van der Waals surface area contributed by atoms with E-state index >= 15 is 0 Å². The molecular formula is C13H19FN2O. The maximum absolute atomic E-state index is 12.7. The molecule has 0 aliphatic rings. The van der Waals surface area contributed by atoms with Gasteiger partial charge in [-0.3, -0.25) is 4.79 Å². The molecule has 1 aromatic rings. The molecule has 0 saturated heterocycles. The average molecular weight is 238 g/mol. The molecule has 0 fully saturated rings. The Morgan fingerprint density at radius 3 is 2.35 bits per heavy atom. The van der Waals surface area contributed by atoms with Crippen LogP contribution in [-0.4, -0.2) is 19.0 Å². The van der Waals surface area contributed by atoms with Gasteiger partial charge in [0.1, 0.15) is 5.82 Å². The summed E-state index contributed by atoms with van der Waals surface area (Å²) in [4.78, 5) is 11.8. The first-order valence-electron chi connectivity index (χ1n) is 5.74. The molecule has 1 atom stereocenters. The summed E-state index contributed by atoms with van der Waals surface area (Å²) in [7, 11) is 1.77. The quantitative estimate of drug-likeness (QED) is 0.819. The summed E-state index contributed by atoms with van der Waals surface area (Å²) in [5.74, 6) is -0.0737. The zero-order valence-corrected chi connectivity index (χ0v) is 10.5. The van der Waals surface area contributed by atoms with E-state index in [1.54, 1.807) is 19.2 Å². The van der Waals surface area contributed by atoms with Crippen molar-refractivity contribution in [3.63, 3.8) is 0 Å². The van der Waals surface area contributed by atoms with Gasteiger partial charge in [0.15, 0.2) is 0 Å². The summed E-state index contributed by atoms with van der Waals surface area (Å²) in [6.07, 6.45) is 0. The van der Waals surface area contributed by atoms with Crippen LogP contribution in [0.3, 0.4) is 0 Å². The molecule has 17 heavy (non-hydrogen) atoms. The molecule has 0 bridgehead atoms. The van der Waals surface area contributed by atoms with E-state index in [1.807, 2.05) is 13.8 Å². The van der Waals surface area contributed by atoms with E-state index in [0.717, 1.165) is 5.56 Å². The number of halogens is 1. The van der Waals surface area contributed by atoms with Crippen LogP contribution in [0.4, 0.5) is 4.39 Å². The Bertz CT molecular complexity index is 362. The van der Waals surface area contributed by atoms with Crippen molar-refractivity contribution in [3.8, 4) is 0 Å². The second-order valence-corrected chi connectivity index (χ2v) is 4.35. The highest BCUT2D eigenvalue weighted by Crippen LogP contribution is 2.04. The Kier molecular flexibility index (Phi) is 5.10. The standard InChI is InChI=1S/C13H19FN2O/c1-9(2)12(15-3)13(17)16-8-10-4-6-11(14)7-5-10/h4-7,9,12,15H,8H2,1-3H3,(H,16,17). The van der Waals surface area contributed by atoms with Gasteiger partial charge in [-0.15, -0.1) is 0 Å². The zero-order valence-electron chi connectivity index (χ0n) is 10.5. The molecule has 3 nitrogen and oxygen atoms in total. The van der Waals surface area contributed by atoms with Crippen LogP contribution in [0.25, 0.3) is 0 Å². The van der Waals surface area contributed by atoms with E-state index in [2.05, 4.69) is 10.6 Å². The first-order valence-corrected chi connectivity index (χ1v) is 5.74. The third kappa shape index (κ3) is 4.15. The molecule has 0 aliphatic heterocycles.